The fourth-order valence-corrected chi connectivity index (χ4v) is 3.44. The van der Waals surface area contributed by atoms with Crippen LogP contribution in [0, 0.1) is 5.92 Å². The summed E-state index contributed by atoms with van der Waals surface area (Å²) in [5.74, 6) is 1.98. The van der Waals surface area contributed by atoms with Crippen molar-refractivity contribution in [1.29, 1.82) is 0 Å². The van der Waals surface area contributed by atoms with E-state index in [4.69, 9.17) is 16.3 Å². The van der Waals surface area contributed by atoms with E-state index < -0.39 is 0 Å². The van der Waals surface area contributed by atoms with Gasteiger partial charge in [0.1, 0.15) is 0 Å². The number of halogens is 1. The average molecular weight is 310 g/mol. The fourth-order valence-electron chi connectivity index (χ4n) is 3.28. The number of ether oxygens (including phenoxy) is 1. The maximum Gasteiger partial charge on any atom is 0.231 e. The lowest BCUT2D eigenvalue weighted by Gasteiger charge is -2.21. The quantitative estimate of drug-likeness (QED) is 0.919. The summed E-state index contributed by atoms with van der Waals surface area (Å²) in [6.07, 6.45) is 6.23. The number of anilines is 2. The molecule has 21 heavy (non-hydrogen) atoms. The van der Waals surface area contributed by atoms with Crippen LogP contribution in [-0.4, -0.2) is 46.8 Å². The predicted octanol–water partition coefficient (Wildman–Crippen LogP) is 2.10. The van der Waals surface area contributed by atoms with Gasteiger partial charge < -0.3 is 15.0 Å². The van der Waals surface area contributed by atoms with E-state index in [2.05, 4.69) is 25.2 Å². The zero-order chi connectivity index (χ0) is 14.2. The monoisotopic (exact) mass is 309 g/mol. The Morgan fingerprint density at radius 3 is 2.67 bits per heavy atom. The Morgan fingerprint density at radius 1 is 1.10 bits per heavy atom. The molecule has 6 nitrogen and oxygen atoms in total. The van der Waals surface area contributed by atoms with Gasteiger partial charge in [0.15, 0.2) is 0 Å². The van der Waals surface area contributed by atoms with Crippen molar-refractivity contribution in [2.75, 3.05) is 29.9 Å². The summed E-state index contributed by atoms with van der Waals surface area (Å²) >= 11 is 6.07. The molecule has 1 aromatic rings. The Balaban J connectivity index is 1.51. The first-order chi connectivity index (χ1) is 10.3. The van der Waals surface area contributed by atoms with E-state index in [0.29, 0.717) is 30.0 Å². The second-order valence-corrected chi connectivity index (χ2v) is 6.47. The van der Waals surface area contributed by atoms with E-state index in [1.165, 1.54) is 25.7 Å². The first-order valence-electron chi connectivity index (χ1n) is 7.84. The van der Waals surface area contributed by atoms with Crippen LogP contribution in [0.15, 0.2) is 0 Å². The summed E-state index contributed by atoms with van der Waals surface area (Å²) in [5, 5.41) is 3.68. The summed E-state index contributed by atoms with van der Waals surface area (Å²) in [6.45, 7) is 2.81. The van der Waals surface area contributed by atoms with E-state index in [0.717, 1.165) is 26.1 Å². The average Bonchev–Trinajstić information content (AvgIpc) is 2.99. The van der Waals surface area contributed by atoms with E-state index in [1.807, 2.05) is 0 Å². The van der Waals surface area contributed by atoms with Crippen molar-refractivity contribution in [3.05, 3.63) is 5.28 Å². The zero-order valence-electron chi connectivity index (χ0n) is 12.0. The van der Waals surface area contributed by atoms with Crippen LogP contribution in [-0.2, 0) is 4.74 Å². The Labute approximate surface area is 129 Å². The fraction of sp³-hybridized carbons (Fsp3) is 0.786. The molecule has 2 atom stereocenters. The molecule has 2 saturated heterocycles. The van der Waals surface area contributed by atoms with Crippen molar-refractivity contribution >= 4 is 23.5 Å². The van der Waals surface area contributed by atoms with Gasteiger partial charge in [-0.3, -0.25) is 0 Å². The second-order valence-electron chi connectivity index (χ2n) is 6.13. The number of aromatic nitrogens is 3. The molecule has 114 valence electrons. The van der Waals surface area contributed by atoms with Gasteiger partial charge in [0.25, 0.3) is 0 Å². The molecule has 0 bridgehead atoms. The van der Waals surface area contributed by atoms with Crippen molar-refractivity contribution in [1.82, 2.24) is 15.0 Å². The van der Waals surface area contributed by atoms with Gasteiger partial charge in [-0.1, -0.05) is 0 Å². The lowest BCUT2D eigenvalue weighted by molar-refractivity contribution is 0.0897. The Hall–Kier alpha value is -1.14. The maximum atomic E-state index is 6.07. The summed E-state index contributed by atoms with van der Waals surface area (Å²) in [6, 6.07) is 0.294. The summed E-state index contributed by atoms with van der Waals surface area (Å²) in [4.78, 5) is 15.2. The highest BCUT2D eigenvalue weighted by atomic mass is 35.5. The Bertz CT molecular complexity index is 518. The minimum atomic E-state index is 0.260. The first-order valence-corrected chi connectivity index (χ1v) is 8.22. The summed E-state index contributed by atoms with van der Waals surface area (Å²) in [7, 11) is 0. The number of nitrogens with one attached hydrogen (secondary N) is 1. The van der Waals surface area contributed by atoms with Crippen LogP contribution < -0.4 is 10.2 Å². The minimum Gasteiger partial charge on any atom is -0.376 e. The van der Waals surface area contributed by atoms with Gasteiger partial charge in [-0.05, 0) is 49.6 Å². The Kier molecular flexibility index (Phi) is 3.59. The van der Waals surface area contributed by atoms with Gasteiger partial charge in [-0.2, -0.15) is 15.0 Å². The molecule has 0 spiro atoms. The third kappa shape index (κ3) is 2.92. The van der Waals surface area contributed by atoms with E-state index in [1.54, 1.807) is 0 Å². The van der Waals surface area contributed by atoms with Crippen molar-refractivity contribution < 1.29 is 4.74 Å². The number of nitrogens with zero attached hydrogens (tertiary/aromatic N) is 4. The van der Waals surface area contributed by atoms with Crippen LogP contribution in [0.3, 0.4) is 0 Å². The molecule has 3 aliphatic rings. The van der Waals surface area contributed by atoms with Crippen LogP contribution in [0.25, 0.3) is 0 Å². The molecule has 0 amide bonds. The van der Waals surface area contributed by atoms with Crippen molar-refractivity contribution in [2.24, 2.45) is 5.92 Å². The molecule has 1 aromatic heterocycles. The molecule has 1 saturated carbocycles. The van der Waals surface area contributed by atoms with E-state index in [-0.39, 0.29) is 5.28 Å². The topological polar surface area (TPSA) is 63.2 Å². The maximum absolute atomic E-state index is 6.07. The van der Waals surface area contributed by atoms with Crippen molar-refractivity contribution in [2.45, 2.75) is 44.2 Å². The highest BCUT2D eigenvalue weighted by molar-refractivity contribution is 6.28. The molecule has 1 N–H and O–H groups in total. The zero-order valence-corrected chi connectivity index (χ0v) is 12.7. The lowest BCUT2D eigenvalue weighted by Crippen LogP contribution is -2.32. The Morgan fingerprint density at radius 2 is 1.90 bits per heavy atom. The van der Waals surface area contributed by atoms with Gasteiger partial charge in [0.05, 0.1) is 12.1 Å². The molecule has 1 aliphatic carbocycles. The van der Waals surface area contributed by atoms with Gasteiger partial charge >= 0.3 is 0 Å². The van der Waals surface area contributed by atoms with Crippen molar-refractivity contribution in [3.63, 3.8) is 0 Å². The lowest BCUT2D eigenvalue weighted by atomic mass is 10.1. The third-order valence-corrected chi connectivity index (χ3v) is 4.69. The molecule has 0 aromatic carbocycles. The number of hydrogen-bond donors (Lipinski definition) is 1. The van der Waals surface area contributed by atoms with E-state index >= 15 is 0 Å². The molecular weight excluding hydrogens is 290 g/mol. The number of rotatable bonds is 4. The van der Waals surface area contributed by atoms with Crippen LogP contribution in [0.4, 0.5) is 11.9 Å². The van der Waals surface area contributed by atoms with Crippen molar-refractivity contribution in [3.8, 4) is 0 Å². The molecule has 0 radical (unpaired) electrons. The first kappa shape index (κ1) is 13.5. The van der Waals surface area contributed by atoms with Gasteiger partial charge in [-0.15, -0.1) is 0 Å². The van der Waals surface area contributed by atoms with Crippen LogP contribution >= 0.6 is 11.6 Å². The third-order valence-electron chi connectivity index (χ3n) is 4.52. The van der Waals surface area contributed by atoms with Gasteiger partial charge in [0.2, 0.25) is 17.2 Å². The van der Waals surface area contributed by atoms with Crippen LogP contribution in [0.5, 0.6) is 0 Å². The molecule has 3 heterocycles. The van der Waals surface area contributed by atoms with Gasteiger partial charge in [-0.25, -0.2) is 0 Å². The largest absolute Gasteiger partial charge is 0.376 e. The molecule has 2 aliphatic heterocycles. The highest BCUT2D eigenvalue weighted by Gasteiger charge is 2.41. The normalized spacial score (nSPS) is 29.1. The van der Waals surface area contributed by atoms with Gasteiger partial charge in [0, 0.05) is 19.7 Å². The molecule has 7 heteroatoms. The second kappa shape index (κ2) is 5.57. The predicted molar refractivity (Wildman–Crippen MR) is 80.8 cm³/mol. The number of hydrogen-bond acceptors (Lipinski definition) is 6. The van der Waals surface area contributed by atoms with E-state index in [9.17, 15) is 0 Å². The molecular formula is C14H20ClN5O. The van der Waals surface area contributed by atoms with Crippen LogP contribution in [0.1, 0.15) is 32.1 Å². The molecule has 4 rings (SSSR count). The minimum absolute atomic E-state index is 0.260. The highest BCUT2D eigenvalue weighted by Crippen LogP contribution is 2.39. The standard InChI is InChI=1S/C14H20ClN5O/c15-12-17-13(19-14(18-12)20-6-1-2-7-20)16-10-5-8-21-11(10)9-3-4-9/h9-11H,1-8H2,(H,16,17,18,19). The smallest absolute Gasteiger partial charge is 0.231 e. The molecule has 2 unspecified atom stereocenters. The molecule has 3 fully saturated rings. The van der Waals surface area contributed by atoms with Crippen LogP contribution in [0.2, 0.25) is 5.28 Å². The summed E-state index contributed by atoms with van der Waals surface area (Å²) in [5.41, 5.74) is 0. The SMILES string of the molecule is Clc1nc(NC2CCOC2C2CC2)nc(N2CCCC2)n1. The summed E-state index contributed by atoms with van der Waals surface area (Å²) < 4.78 is 5.84.